The molecule has 0 aliphatic heterocycles. The molecule has 1 aromatic rings. The molecule has 6 heteroatoms. The monoisotopic (exact) mass is 360 g/mol. The third kappa shape index (κ3) is 4.80. The summed E-state index contributed by atoms with van der Waals surface area (Å²) in [6, 6.07) is 4.96. The van der Waals surface area contributed by atoms with Crippen molar-refractivity contribution in [3.05, 3.63) is 33.3 Å². The second kappa shape index (κ2) is 8.27. The second-order valence-corrected chi connectivity index (χ2v) is 5.46. The molecule has 0 aliphatic rings. The highest BCUT2D eigenvalue weighted by molar-refractivity contribution is 9.10. The van der Waals surface area contributed by atoms with Gasteiger partial charge < -0.3 is 10.2 Å². The van der Waals surface area contributed by atoms with Gasteiger partial charge in [-0.1, -0.05) is 11.6 Å². The van der Waals surface area contributed by atoms with Crippen molar-refractivity contribution in [2.45, 2.75) is 20.3 Å². The van der Waals surface area contributed by atoms with E-state index < -0.39 is 0 Å². The first kappa shape index (κ1) is 17.0. The van der Waals surface area contributed by atoms with E-state index in [-0.39, 0.29) is 11.8 Å². The van der Waals surface area contributed by atoms with E-state index in [0.29, 0.717) is 41.1 Å². The van der Waals surface area contributed by atoms with Crippen LogP contribution in [0.4, 0.5) is 0 Å². The highest BCUT2D eigenvalue weighted by atomic mass is 79.9. The summed E-state index contributed by atoms with van der Waals surface area (Å²) in [5, 5.41) is 3.28. The molecule has 0 atom stereocenters. The van der Waals surface area contributed by atoms with Gasteiger partial charge in [0.15, 0.2) is 0 Å². The molecule has 0 unspecified atom stereocenters. The number of amides is 2. The second-order valence-electron chi connectivity index (χ2n) is 4.20. The van der Waals surface area contributed by atoms with Gasteiger partial charge in [0.05, 0.1) is 5.02 Å². The van der Waals surface area contributed by atoms with E-state index in [1.807, 2.05) is 13.8 Å². The Kier molecular flexibility index (Phi) is 7.02. The van der Waals surface area contributed by atoms with Crippen molar-refractivity contribution < 1.29 is 9.59 Å². The lowest BCUT2D eigenvalue weighted by Gasteiger charge is -2.18. The topological polar surface area (TPSA) is 49.4 Å². The molecule has 110 valence electrons. The number of hydrogen-bond donors (Lipinski definition) is 1. The summed E-state index contributed by atoms with van der Waals surface area (Å²) in [4.78, 5) is 25.4. The number of nitrogens with zero attached hydrogens (tertiary/aromatic N) is 1. The van der Waals surface area contributed by atoms with Crippen molar-refractivity contribution in [3.63, 3.8) is 0 Å². The van der Waals surface area contributed by atoms with E-state index in [1.54, 1.807) is 23.1 Å². The zero-order valence-corrected chi connectivity index (χ0v) is 13.9. The molecule has 0 heterocycles. The summed E-state index contributed by atoms with van der Waals surface area (Å²) >= 11 is 9.14. The Balaban J connectivity index is 2.47. The van der Waals surface area contributed by atoms with E-state index in [2.05, 4.69) is 21.2 Å². The summed E-state index contributed by atoms with van der Waals surface area (Å²) < 4.78 is 0.672. The summed E-state index contributed by atoms with van der Waals surface area (Å²) in [5.74, 6) is -0.165. The lowest BCUT2D eigenvalue weighted by molar-refractivity contribution is -0.130. The minimum absolute atomic E-state index is 0.0487. The van der Waals surface area contributed by atoms with Crippen LogP contribution in [0.1, 0.15) is 30.6 Å². The van der Waals surface area contributed by atoms with Gasteiger partial charge in [-0.05, 0) is 48.0 Å². The van der Waals surface area contributed by atoms with Crippen LogP contribution in [0, 0.1) is 0 Å². The number of benzene rings is 1. The Bertz CT molecular complexity index is 490. The van der Waals surface area contributed by atoms with Gasteiger partial charge in [-0.25, -0.2) is 0 Å². The largest absolute Gasteiger partial charge is 0.352 e. The van der Waals surface area contributed by atoms with Crippen LogP contribution in [0.3, 0.4) is 0 Å². The average molecular weight is 362 g/mol. The molecular formula is C14H18BrClN2O2. The highest BCUT2D eigenvalue weighted by Gasteiger charge is 2.11. The van der Waals surface area contributed by atoms with Crippen LogP contribution < -0.4 is 5.32 Å². The fourth-order valence-electron chi connectivity index (χ4n) is 1.76. The molecule has 0 spiro atoms. The minimum Gasteiger partial charge on any atom is -0.352 e. The minimum atomic E-state index is -0.213. The quantitative estimate of drug-likeness (QED) is 0.846. The van der Waals surface area contributed by atoms with Crippen LogP contribution in [-0.2, 0) is 4.79 Å². The first-order chi connectivity index (χ1) is 9.49. The fraction of sp³-hybridized carbons (Fsp3) is 0.429. The molecule has 4 nitrogen and oxygen atoms in total. The average Bonchev–Trinajstić information content (AvgIpc) is 2.43. The number of rotatable bonds is 6. The molecule has 0 fully saturated rings. The molecule has 1 N–H and O–H groups in total. The smallest absolute Gasteiger partial charge is 0.251 e. The number of halogens is 2. The standard InChI is InChI=1S/C14H18BrClN2O2/c1-3-18(4-2)13(19)7-8-17-14(20)10-5-6-12(16)11(15)9-10/h5-6,9H,3-4,7-8H2,1-2H3,(H,17,20). The Morgan fingerprint density at radius 3 is 2.50 bits per heavy atom. The van der Waals surface area contributed by atoms with Gasteiger partial charge in [-0.2, -0.15) is 0 Å². The predicted octanol–water partition coefficient (Wildman–Crippen LogP) is 3.09. The van der Waals surface area contributed by atoms with Crippen LogP contribution in [0.15, 0.2) is 22.7 Å². The summed E-state index contributed by atoms with van der Waals surface area (Å²) in [5.41, 5.74) is 0.511. The third-order valence-electron chi connectivity index (χ3n) is 2.92. The van der Waals surface area contributed by atoms with Crippen molar-refractivity contribution in [1.29, 1.82) is 0 Å². The van der Waals surface area contributed by atoms with Crippen molar-refractivity contribution in [2.75, 3.05) is 19.6 Å². The molecule has 20 heavy (non-hydrogen) atoms. The Labute approximate surface area is 132 Å². The summed E-state index contributed by atoms with van der Waals surface area (Å²) in [7, 11) is 0. The first-order valence-electron chi connectivity index (χ1n) is 6.50. The third-order valence-corrected chi connectivity index (χ3v) is 4.14. The maximum atomic E-state index is 11.9. The van der Waals surface area contributed by atoms with Gasteiger partial charge in [0.2, 0.25) is 5.91 Å². The summed E-state index contributed by atoms with van der Waals surface area (Å²) in [6.45, 7) is 5.58. The van der Waals surface area contributed by atoms with Crippen molar-refractivity contribution in [1.82, 2.24) is 10.2 Å². The number of hydrogen-bond acceptors (Lipinski definition) is 2. The van der Waals surface area contributed by atoms with E-state index >= 15 is 0 Å². The molecule has 0 aliphatic carbocycles. The van der Waals surface area contributed by atoms with Crippen LogP contribution in [0.2, 0.25) is 5.02 Å². The van der Waals surface area contributed by atoms with E-state index in [4.69, 9.17) is 11.6 Å². The van der Waals surface area contributed by atoms with Gasteiger partial charge in [-0.3, -0.25) is 9.59 Å². The lowest BCUT2D eigenvalue weighted by Crippen LogP contribution is -2.34. The Hall–Kier alpha value is -1.07. The number of carbonyl (C=O) groups is 2. The molecule has 0 bridgehead atoms. The SMILES string of the molecule is CCN(CC)C(=O)CCNC(=O)c1ccc(Cl)c(Br)c1. The van der Waals surface area contributed by atoms with Gasteiger partial charge in [-0.15, -0.1) is 0 Å². The van der Waals surface area contributed by atoms with Crippen LogP contribution in [0.25, 0.3) is 0 Å². The van der Waals surface area contributed by atoms with E-state index in [0.717, 1.165) is 0 Å². The van der Waals surface area contributed by atoms with Crippen molar-refractivity contribution >= 4 is 39.3 Å². The van der Waals surface area contributed by atoms with Crippen LogP contribution >= 0.6 is 27.5 Å². The number of carbonyl (C=O) groups excluding carboxylic acids is 2. The summed E-state index contributed by atoms with van der Waals surface area (Å²) in [6.07, 6.45) is 0.308. The van der Waals surface area contributed by atoms with Gasteiger partial charge in [0.1, 0.15) is 0 Å². The normalized spacial score (nSPS) is 10.2. The molecule has 1 rings (SSSR count). The fourth-order valence-corrected chi connectivity index (χ4v) is 2.25. The van der Waals surface area contributed by atoms with E-state index in [9.17, 15) is 9.59 Å². The highest BCUT2D eigenvalue weighted by Crippen LogP contribution is 2.23. The van der Waals surface area contributed by atoms with Crippen molar-refractivity contribution in [3.8, 4) is 0 Å². The van der Waals surface area contributed by atoms with Crippen LogP contribution in [0.5, 0.6) is 0 Å². The zero-order chi connectivity index (χ0) is 15.1. The Morgan fingerprint density at radius 2 is 1.95 bits per heavy atom. The van der Waals surface area contributed by atoms with Gasteiger partial charge >= 0.3 is 0 Å². The molecule has 0 aromatic heterocycles. The molecule has 0 saturated carbocycles. The van der Waals surface area contributed by atoms with Gasteiger partial charge in [0.25, 0.3) is 5.91 Å². The number of nitrogens with one attached hydrogen (secondary N) is 1. The molecule has 0 radical (unpaired) electrons. The molecular weight excluding hydrogens is 344 g/mol. The van der Waals surface area contributed by atoms with Crippen LogP contribution in [-0.4, -0.2) is 36.3 Å². The van der Waals surface area contributed by atoms with Crippen molar-refractivity contribution in [2.24, 2.45) is 0 Å². The predicted molar refractivity (Wildman–Crippen MR) is 84.0 cm³/mol. The van der Waals surface area contributed by atoms with E-state index in [1.165, 1.54) is 0 Å². The maximum absolute atomic E-state index is 11.9. The maximum Gasteiger partial charge on any atom is 0.251 e. The molecule has 1 aromatic carbocycles. The van der Waals surface area contributed by atoms with Gasteiger partial charge in [0, 0.05) is 36.1 Å². The Morgan fingerprint density at radius 1 is 1.30 bits per heavy atom. The lowest BCUT2D eigenvalue weighted by atomic mass is 10.2. The molecule has 0 saturated heterocycles. The molecule has 2 amide bonds. The zero-order valence-electron chi connectivity index (χ0n) is 11.6. The first-order valence-corrected chi connectivity index (χ1v) is 7.67.